The molecule has 3 aromatic carbocycles. The van der Waals surface area contributed by atoms with E-state index in [-0.39, 0.29) is 19.4 Å². The van der Waals surface area contributed by atoms with Crippen LogP contribution in [0.5, 0.6) is 23.0 Å². The third-order valence-corrected chi connectivity index (χ3v) is 7.06. The van der Waals surface area contributed by atoms with Crippen molar-refractivity contribution in [3.8, 4) is 23.0 Å². The Morgan fingerprint density at radius 3 is 2.11 bits per heavy atom. The molecule has 2 heterocycles. The van der Waals surface area contributed by atoms with Crippen molar-refractivity contribution < 1.29 is 33.6 Å². The SMILES string of the molecule is COc1ccc(C2C(C(=O)O)C(c3ccc4c(c3)OCO4)CN2C(=O)N(C)c2ccc(OC)cc2)cc1. The minimum Gasteiger partial charge on any atom is -0.497 e. The quantitative estimate of drug-likeness (QED) is 0.527. The van der Waals surface area contributed by atoms with Gasteiger partial charge in [0.25, 0.3) is 0 Å². The summed E-state index contributed by atoms with van der Waals surface area (Å²) in [5, 5.41) is 10.4. The molecule has 0 aromatic heterocycles. The highest BCUT2D eigenvalue weighted by atomic mass is 16.7. The second-order valence-electron chi connectivity index (χ2n) is 8.99. The predicted molar refractivity (Wildman–Crippen MR) is 136 cm³/mol. The first-order chi connectivity index (χ1) is 17.9. The third-order valence-electron chi connectivity index (χ3n) is 7.06. The maximum Gasteiger partial charge on any atom is 0.324 e. The highest BCUT2D eigenvalue weighted by Gasteiger charge is 2.50. The lowest BCUT2D eigenvalue weighted by atomic mass is 9.83. The lowest BCUT2D eigenvalue weighted by Crippen LogP contribution is -2.42. The van der Waals surface area contributed by atoms with E-state index in [2.05, 4.69) is 0 Å². The van der Waals surface area contributed by atoms with Gasteiger partial charge in [0.1, 0.15) is 11.5 Å². The van der Waals surface area contributed by atoms with E-state index in [9.17, 15) is 14.7 Å². The molecule has 0 saturated carbocycles. The Hall–Kier alpha value is -4.40. The first-order valence-corrected chi connectivity index (χ1v) is 11.9. The van der Waals surface area contributed by atoms with Crippen LogP contribution in [0.25, 0.3) is 0 Å². The summed E-state index contributed by atoms with van der Waals surface area (Å²) in [5.41, 5.74) is 2.16. The molecule has 37 heavy (non-hydrogen) atoms. The van der Waals surface area contributed by atoms with Gasteiger partial charge >= 0.3 is 12.0 Å². The molecule has 5 rings (SSSR count). The highest BCUT2D eigenvalue weighted by Crippen LogP contribution is 2.48. The first kappa shape index (κ1) is 24.3. The monoisotopic (exact) mass is 504 g/mol. The molecule has 3 aromatic rings. The fraction of sp³-hybridized carbons (Fsp3) is 0.286. The Kier molecular flexibility index (Phi) is 6.52. The molecule has 0 aliphatic carbocycles. The van der Waals surface area contributed by atoms with E-state index in [4.69, 9.17) is 18.9 Å². The number of fused-ring (bicyclic) bond motifs is 1. The van der Waals surface area contributed by atoms with Gasteiger partial charge in [-0.2, -0.15) is 0 Å². The average Bonchev–Trinajstić information content (AvgIpc) is 3.57. The van der Waals surface area contributed by atoms with Crippen molar-refractivity contribution >= 4 is 17.7 Å². The van der Waals surface area contributed by atoms with E-state index in [0.717, 1.165) is 5.56 Å². The lowest BCUT2D eigenvalue weighted by Gasteiger charge is -2.31. The number of carbonyl (C=O) groups excluding carboxylic acids is 1. The minimum absolute atomic E-state index is 0.123. The van der Waals surface area contributed by atoms with Crippen LogP contribution < -0.4 is 23.8 Å². The van der Waals surface area contributed by atoms with Crippen LogP contribution in [0.2, 0.25) is 0 Å². The molecule has 0 bridgehead atoms. The molecule has 0 spiro atoms. The number of carboxylic acids is 1. The summed E-state index contributed by atoms with van der Waals surface area (Å²) < 4.78 is 21.5. The molecule has 1 N–H and O–H groups in total. The second kappa shape index (κ2) is 9.93. The van der Waals surface area contributed by atoms with Gasteiger partial charge < -0.3 is 29.0 Å². The van der Waals surface area contributed by atoms with Gasteiger partial charge in [-0.25, -0.2) is 4.79 Å². The Morgan fingerprint density at radius 1 is 0.892 bits per heavy atom. The zero-order valence-corrected chi connectivity index (χ0v) is 20.8. The molecular formula is C28H28N2O7. The number of amides is 2. The minimum atomic E-state index is -0.981. The van der Waals surface area contributed by atoms with Gasteiger partial charge in [0.05, 0.1) is 26.2 Å². The third kappa shape index (κ3) is 4.48. The van der Waals surface area contributed by atoms with Gasteiger partial charge in [-0.1, -0.05) is 18.2 Å². The fourth-order valence-corrected chi connectivity index (χ4v) is 5.11. The number of urea groups is 1. The van der Waals surface area contributed by atoms with E-state index in [1.807, 2.05) is 24.3 Å². The van der Waals surface area contributed by atoms with Crippen molar-refractivity contribution in [1.29, 1.82) is 0 Å². The van der Waals surface area contributed by atoms with E-state index in [1.54, 1.807) is 68.6 Å². The van der Waals surface area contributed by atoms with Crippen LogP contribution in [0.3, 0.4) is 0 Å². The van der Waals surface area contributed by atoms with Crippen LogP contribution in [0.1, 0.15) is 23.1 Å². The van der Waals surface area contributed by atoms with Crippen molar-refractivity contribution in [2.45, 2.75) is 12.0 Å². The van der Waals surface area contributed by atoms with Gasteiger partial charge in [0, 0.05) is 25.2 Å². The number of benzene rings is 3. The van der Waals surface area contributed by atoms with Crippen LogP contribution in [-0.4, -0.2) is 56.6 Å². The molecule has 3 atom stereocenters. The molecule has 2 aliphatic heterocycles. The molecule has 9 heteroatoms. The smallest absolute Gasteiger partial charge is 0.324 e. The number of methoxy groups -OCH3 is 2. The number of nitrogens with zero attached hydrogens (tertiary/aromatic N) is 2. The summed E-state index contributed by atoms with van der Waals surface area (Å²) in [5.74, 6) is 0.181. The number of hydrogen-bond donors (Lipinski definition) is 1. The number of carbonyl (C=O) groups is 2. The van der Waals surface area contributed by atoms with Crippen molar-refractivity contribution in [3.05, 3.63) is 77.9 Å². The van der Waals surface area contributed by atoms with Crippen LogP contribution in [0.15, 0.2) is 66.7 Å². The normalized spacial score (nSPS) is 20.0. The number of carboxylic acid groups (broad SMARTS) is 1. The van der Waals surface area contributed by atoms with Crippen molar-refractivity contribution in [2.75, 3.05) is 39.5 Å². The highest BCUT2D eigenvalue weighted by molar-refractivity contribution is 5.93. The number of ether oxygens (including phenoxy) is 4. The average molecular weight is 505 g/mol. The zero-order chi connectivity index (χ0) is 26.1. The Balaban J connectivity index is 1.55. The topological polar surface area (TPSA) is 97.8 Å². The lowest BCUT2D eigenvalue weighted by molar-refractivity contribution is -0.142. The van der Waals surface area contributed by atoms with Crippen molar-refractivity contribution in [2.24, 2.45) is 5.92 Å². The first-order valence-electron chi connectivity index (χ1n) is 11.9. The molecule has 2 amide bonds. The number of aliphatic carboxylic acids is 1. The molecule has 3 unspecified atom stereocenters. The number of anilines is 1. The van der Waals surface area contributed by atoms with E-state index < -0.39 is 23.8 Å². The Bertz CT molecular complexity index is 1290. The van der Waals surface area contributed by atoms with Crippen LogP contribution >= 0.6 is 0 Å². The fourth-order valence-electron chi connectivity index (χ4n) is 5.11. The van der Waals surface area contributed by atoms with E-state index >= 15 is 0 Å². The molecule has 0 radical (unpaired) electrons. The van der Waals surface area contributed by atoms with E-state index in [0.29, 0.717) is 34.2 Å². The largest absolute Gasteiger partial charge is 0.497 e. The van der Waals surface area contributed by atoms with Crippen LogP contribution in [-0.2, 0) is 4.79 Å². The van der Waals surface area contributed by atoms with E-state index in [1.165, 1.54) is 4.90 Å². The summed E-state index contributed by atoms with van der Waals surface area (Å²) in [6.45, 7) is 0.337. The van der Waals surface area contributed by atoms with Gasteiger partial charge in [0.2, 0.25) is 6.79 Å². The summed E-state index contributed by atoms with van der Waals surface area (Å²) in [6.07, 6.45) is 0. The molecule has 1 saturated heterocycles. The van der Waals surface area contributed by atoms with Gasteiger partial charge in [-0.15, -0.1) is 0 Å². The van der Waals surface area contributed by atoms with Crippen LogP contribution in [0.4, 0.5) is 10.5 Å². The van der Waals surface area contributed by atoms with Crippen LogP contribution in [0, 0.1) is 5.92 Å². The maximum absolute atomic E-state index is 13.9. The standard InChI is InChI=1S/C28H28N2O7/c1-29(19-7-11-21(35-3)12-8-19)28(33)30-15-22(18-6-13-23-24(14-18)37-16-36-23)25(27(31)32)26(30)17-4-9-20(34-2)10-5-17/h4-14,22,25-26H,15-16H2,1-3H3,(H,31,32). The molecule has 192 valence electrons. The van der Waals surface area contributed by atoms with Crippen molar-refractivity contribution in [3.63, 3.8) is 0 Å². The summed E-state index contributed by atoms with van der Waals surface area (Å²) in [4.78, 5) is 29.8. The Labute approximate surface area is 214 Å². The zero-order valence-electron chi connectivity index (χ0n) is 20.8. The number of rotatable bonds is 6. The number of hydrogen-bond acceptors (Lipinski definition) is 6. The summed E-state index contributed by atoms with van der Waals surface area (Å²) in [7, 11) is 4.83. The Morgan fingerprint density at radius 2 is 1.49 bits per heavy atom. The van der Waals surface area contributed by atoms with Gasteiger partial charge in [-0.05, 0) is 59.7 Å². The van der Waals surface area contributed by atoms with Gasteiger partial charge in [-0.3, -0.25) is 9.69 Å². The predicted octanol–water partition coefficient (Wildman–Crippen LogP) is 4.53. The van der Waals surface area contributed by atoms with Gasteiger partial charge in [0.15, 0.2) is 11.5 Å². The second-order valence-corrected chi connectivity index (χ2v) is 8.99. The molecule has 9 nitrogen and oxygen atoms in total. The summed E-state index contributed by atoms with van der Waals surface area (Å²) >= 11 is 0. The molecule has 2 aliphatic rings. The summed E-state index contributed by atoms with van der Waals surface area (Å²) in [6, 6.07) is 18.8. The maximum atomic E-state index is 13.9. The molecular weight excluding hydrogens is 476 g/mol. The van der Waals surface area contributed by atoms with Crippen molar-refractivity contribution in [1.82, 2.24) is 4.90 Å². The molecule has 1 fully saturated rings. The number of likely N-dealkylation sites (tertiary alicyclic amines) is 1.